The number of allylic oxidation sites excluding steroid dienone is 1. The molecule has 0 aliphatic carbocycles. The fraction of sp³-hybridized carbons (Fsp3) is 0.636. The van der Waals surface area contributed by atoms with E-state index >= 15 is 0 Å². The molecule has 0 unspecified atom stereocenters. The topological polar surface area (TPSA) is 64.4 Å². The number of aliphatic hydroxyl groups is 1. The van der Waals surface area contributed by atoms with Gasteiger partial charge in [0.15, 0.2) is 5.78 Å². The van der Waals surface area contributed by atoms with Crippen LogP contribution >= 0.6 is 0 Å². The van der Waals surface area contributed by atoms with E-state index in [1.54, 1.807) is 0 Å². The summed E-state index contributed by atoms with van der Waals surface area (Å²) in [7, 11) is 0. The molecular formula is C11H18N2O2. The number of hydrogen-bond donors (Lipinski definition) is 2. The molecule has 1 rings (SSSR count). The Morgan fingerprint density at radius 1 is 1.20 bits per heavy atom. The van der Waals surface area contributed by atoms with Gasteiger partial charge in [-0.15, -0.1) is 0 Å². The summed E-state index contributed by atoms with van der Waals surface area (Å²) in [6.45, 7) is 4.45. The summed E-state index contributed by atoms with van der Waals surface area (Å²) >= 11 is 0. The highest BCUT2D eigenvalue weighted by atomic mass is 16.3. The minimum Gasteiger partial charge on any atom is -0.512 e. The summed E-state index contributed by atoms with van der Waals surface area (Å²) in [4.78, 5) is 13.1. The first-order valence-electron chi connectivity index (χ1n) is 5.28. The summed E-state index contributed by atoms with van der Waals surface area (Å²) < 4.78 is 0. The first-order chi connectivity index (χ1) is 7.04. The second-order valence-electron chi connectivity index (χ2n) is 3.91. The van der Waals surface area contributed by atoms with Crippen LogP contribution in [-0.4, -0.2) is 34.7 Å². The quantitative estimate of drug-likeness (QED) is 0.316. The highest BCUT2D eigenvalue weighted by Crippen LogP contribution is 2.14. The Bertz CT molecular complexity index is 298. The number of amidine groups is 1. The number of nitrogens with zero attached hydrogens (tertiary/aromatic N) is 1. The predicted octanol–water partition coefficient (Wildman–Crippen LogP) is 1.87. The number of nitrogens with one attached hydrogen (secondary N) is 1. The van der Waals surface area contributed by atoms with Crippen LogP contribution in [-0.2, 0) is 4.79 Å². The van der Waals surface area contributed by atoms with Crippen LogP contribution in [0.4, 0.5) is 0 Å². The van der Waals surface area contributed by atoms with Gasteiger partial charge in [0.1, 0.15) is 11.6 Å². The minimum absolute atomic E-state index is 0.0573. The van der Waals surface area contributed by atoms with E-state index in [4.69, 9.17) is 5.41 Å². The maximum atomic E-state index is 11.3. The second kappa shape index (κ2) is 4.96. The Balaban J connectivity index is 2.81. The molecule has 1 aliphatic rings. The first kappa shape index (κ1) is 11.8. The lowest BCUT2D eigenvalue weighted by molar-refractivity contribution is -0.113. The van der Waals surface area contributed by atoms with Gasteiger partial charge >= 0.3 is 0 Å². The third-order valence-corrected chi connectivity index (χ3v) is 2.62. The van der Waals surface area contributed by atoms with E-state index < -0.39 is 0 Å². The molecule has 0 bridgehead atoms. The SMILES string of the molecule is CC(=O)/C(C(=N)N1CCCCC1)=C(\C)O. The fourth-order valence-electron chi connectivity index (χ4n) is 1.87. The van der Waals surface area contributed by atoms with Crippen molar-refractivity contribution in [3.63, 3.8) is 0 Å². The molecule has 0 aromatic carbocycles. The molecular weight excluding hydrogens is 192 g/mol. The van der Waals surface area contributed by atoms with Crippen molar-refractivity contribution in [2.24, 2.45) is 0 Å². The molecule has 0 atom stereocenters. The van der Waals surface area contributed by atoms with Crippen LogP contribution in [0.15, 0.2) is 11.3 Å². The maximum Gasteiger partial charge on any atom is 0.166 e. The number of Topliss-reactive ketones (excluding diaryl/α,β-unsaturated/α-hetero) is 1. The van der Waals surface area contributed by atoms with Gasteiger partial charge in [0.05, 0.1) is 5.57 Å². The average molecular weight is 210 g/mol. The van der Waals surface area contributed by atoms with Gasteiger partial charge in [0, 0.05) is 13.1 Å². The van der Waals surface area contributed by atoms with Crippen LogP contribution in [0.5, 0.6) is 0 Å². The molecule has 4 heteroatoms. The van der Waals surface area contributed by atoms with Crippen LogP contribution in [0.2, 0.25) is 0 Å². The van der Waals surface area contributed by atoms with Crippen LogP contribution in [0, 0.1) is 5.41 Å². The molecule has 1 aliphatic heterocycles. The van der Waals surface area contributed by atoms with E-state index in [9.17, 15) is 9.90 Å². The average Bonchev–Trinajstić information content (AvgIpc) is 2.18. The maximum absolute atomic E-state index is 11.3. The molecule has 1 saturated heterocycles. The van der Waals surface area contributed by atoms with Gasteiger partial charge in [-0.2, -0.15) is 0 Å². The van der Waals surface area contributed by atoms with E-state index in [1.807, 2.05) is 4.90 Å². The molecule has 1 fully saturated rings. The molecule has 0 radical (unpaired) electrons. The third-order valence-electron chi connectivity index (χ3n) is 2.62. The van der Waals surface area contributed by atoms with Crippen molar-refractivity contribution < 1.29 is 9.90 Å². The van der Waals surface area contributed by atoms with Crippen molar-refractivity contribution in [1.82, 2.24) is 4.90 Å². The van der Waals surface area contributed by atoms with Crippen LogP contribution < -0.4 is 0 Å². The largest absolute Gasteiger partial charge is 0.512 e. The van der Waals surface area contributed by atoms with Gasteiger partial charge in [-0.1, -0.05) is 0 Å². The molecule has 1 heterocycles. The summed E-state index contributed by atoms with van der Waals surface area (Å²) in [5.41, 5.74) is 0.150. The second-order valence-corrected chi connectivity index (χ2v) is 3.91. The summed E-state index contributed by atoms with van der Waals surface area (Å²) in [6.07, 6.45) is 3.29. The Morgan fingerprint density at radius 2 is 1.73 bits per heavy atom. The van der Waals surface area contributed by atoms with E-state index in [0.717, 1.165) is 25.9 Å². The monoisotopic (exact) mass is 210 g/mol. The Hall–Kier alpha value is -1.32. The van der Waals surface area contributed by atoms with Gasteiger partial charge in [-0.3, -0.25) is 10.2 Å². The van der Waals surface area contributed by atoms with Crippen molar-refractivity contribution in [3.8, 4) is 0 Å². The molecule has 0 saturated carbocycles. The van der Waals surface area contributed by atoms with Crippen LogP contribution in [0.25, 0.3) is 0 Å². The van der Waals surface area contributed by atoms with Crippen molar-refractivity contribution in [2.75, 3.05) is 13.1 Å². The standard InChI is InChI=1S/C11H18N2O2/c1-8(14)10(9(2)15)11(12)13-6-4-3-5-7-13/h12,14H,3-7H2,1-2H3/b10-8-,12-11?. The number of ketones is 1. The number of carbonyl (C=O) groups excluding carboxylic acids is 1. The van der Waals surface area contributed by atoms with Gasteiger partial charge < -0.3 is 10.0 Å². The highest BCUT2D eigenvalue weighted by molar-refractivity contribution is 6.19. The van der Waals surface area contributed by atoms with Crippen molar-refractivity contribution in [1.29, 1.82) is 5.41 Å². The smallest absolute Gasteiger partial charge is 0.166 e. The van der Waals surface area contributed by atoms with Gasteiger partial charge in [0.25, 0.3) is 0 Å². The Kier molecular flexibility index (Phi) is 3.88. The molecule has 2 N–H and O–H groups in total. The lowest BCUT2D eigenvalue weighted by Crippen LogP contribution is -2.37. The lowest BCUT2D eigenvalue weighted by atomic mass is 10.1. The zero-order valence-electron chi connectivity index (χ0n) is 9.34. The molecule has 0 spiro atoms. The molecule has 15 heavy (non-hydrogen) atoms. The van der Waals surface area contributed by atoms with Crippen molar-refractivity contribution in [3.05, 3.63) is 11.3 Å². The van der Waals surface area contributed by atoms with Gasteiger partial charge in [-0.05, 0) is 33.1 Å². The fourth-order valence-corrected chi connectivity index (χ4v) is 1.87. The number of likely N-dealkylation sites (tertiary alicyclic amines) is 1. The summed E-state index contributed by atoms with van der Waals surface area (Å²) in [6, 6.07) is 0. The van der Waals surface area contributed by atoms with E-state index in [2.05, 4.69) is 0 Å². The molecule has 0 aromatic heterocycles. The summed E-state index contributed by atoms with van der Waals surface area (Å²) in [5.74, 6) is -0.133. The summed E-state index contributed by atoms with van der Waals surface area (Å²) in [5, 5.41) is 17.3. The van der Waals surface area contributed by atoms with E-state index in [0.29, 0.717) is 0 Å². The Labute approximate surface area is 90.1 Å². The van der Waals surface area contributed by atoms with Crippen LogP contribution in [0.1, 0.15) is 33.1 Å². The highest BCUT2D eigenvalue weighted by Gasteiger charge is 2.21. The molecule has 4 nitrogen and oxygen atoms in total. The number of rotatable bonds is 2. The zero-order chi connectivity index (χ0) is 11.4. The van der Waals surface area contributed by atoms with Gasteiger partial charge in [-0.25, -0.2) is 0 Å². The van der Waals surface area contributed by atoms with Crippen molar-refractivity contribution >= 4 is 11.6 Å². The van der Waals surface area contributed by atoms with E-state index in [1.165, 1.54) is 20.3 Å². The van der Waals surface area contributed by atoms with Gasteiger partial charge in [0.2, 0.25) is 0 Å². The number of hydrogen-bond acceptors (Lipinski definition) is 3. The predicted molar refractivity (Wildman–Crippen MR) is 59.2 cm³/mol. The first-order valence-corrected chi connectivity index (χ1v) is 5.28. The number of piperidine rings is 1. The van der Waals surface area contributed by atoms with Crippen molar-refractivity contribution in [2.45, 2.75) is 33.1 Å². The number of aliphatic hydroxyl groups excluding tert-OH is 1. The normalized spacial score (nSPS) is 18.4. The molecule has 84 valence electrons. The number of carbonyl (C=O) groups is 1. The minimum atomic E-state index is -0.245. The molecule has 0 aromatic rings. The van der Waals surface area contributed by atoms with E-state index in [-0.39, 0.29) is 23.0 Å². The zero-order valence-corrected chi connectivity index (χ0v) is 9.34. The molecule has 0 amide bonds. The lowest BCUT2D eigenvalue weighted by Gasteiger charge is -2.29. The van der Waals surface area contributed by atoms with Crippen LogP contribution in [0.3, 0.4) is 0 Å². The third kappa shape index (κ3) is 2.81. The Morgan fingerprint density at radius 3 is 2.13 bits per heavy atom.